The summed E-state index contributed by atoms with van der Waals surface area (Å²) in [6.45, 7) is 0. The van der Waals surface area contributed by atoms with Crippen molar-refractivity contribution in [2.24, 2.45) is 0 Å². The Morgan fingerprint density at radius 1 is 1.00 bits per heavy atom. The van der Waals surface area contributed by atoms with Gasteiger partial charge in [-0.05, 0) is 41.1 Å². The van der Waals surface area contributed by atoms with Gasteiger partial charge in [-0.15, -0.1) is 0 Å². The lowest BCUT2D eigenvalue weighted by Crippen LogP contribution is -1.88. The van der Waals surface area contributed by atoms with Gasteiger partial charge in [-0.1, -0.05) is 38.9 Å². The molecule has 0 atom stereocenters. The van der Waals surface area contributed by atoms with E-state index in [4.69, 9.17) is 0 Å². The minimum absolute atomic E-state index is 0.145. The van der Waals surface area contributed by atoms with Gasteiger partial charge in [0.15, 0.2) is 0 Å². The van der Waals surface area contributed by atoms with Crippen molar-refractivity contribution in [3.8, 4) is 0 Å². The van der Waals surface area contributed by atoms with Gasteiger partial charge in [0.2, 0.25) is 0 Å². The van der Waals surface area contributed by atoms with Crippen molar-refractivity contribution >= 4 is 43.2 Å². The highest BCUT2D eigenvalue weighted by Gasteiger charge is 2.13. The fourth-order valence-electron chi connectivity index (χ4n) is 1.26. The van der Waals surface area contributed by atoms with Crippen molar-refractivity contribution in [2.45, 2.75) is 9.79 Å². The van der Waals surface area contributed by atoms with Crippen LogP contribution in [0.15, 0.2) is 62.8 Å². The number of nitro groups is 1. The summed E-state index contributed by atoms with van der Waals surface area (Å²) >= 11 is 3.37. The largest absolute Gasteiger partial charge is 0.283 e. The maximum Gasteiger partial charge on any atom is 0.283 e. The third-order valence-electron chi connectivity index (χ3n) is 2.10. The molecule has 0 aromatic heterocycles. The van der Waals surface area contributed by atoms with Crippen LogP contribution in [0.3, 0.4) is 0 Å². The van der Waals surface area contributed by atoms with Crippen LogP contribution in [-0.2, 0) is 0 Å². The first kappa shape index (κ1) is 13.5. The minimum atomic E-state index is -0.357. The summed E-state index contributed by atoms with van der Waals surface area (Å²) in [4.78, 5) is 12.2. The predicted octanol–water partition coefficient (Wildman–Crippen LogP) is 5.16. The number of hydrogen-bond donors (Lipinski definition) is 0. The van der Waals surface area contributed by atoms with Gasteiger partial charge < -0.3 is 0 Å². The minimum Gasteiger partial charge on any atom is -0.258 e. The standard InChI is InChI=1S/C12H8BrNO2S2/c13-9-5-7-10(8-6-9)17-18-12-4-2-1-3-11(12)14(15)16/h1-8H. The normalized spacial score (nSPS) is 10.3. The summed E-state index contributed by atoms with van der Waals surface area (Å²) in [7, 11) is 2.90. The van der Waals surface area contributed by atoms with Gasteiger partial charge in [0, 0.05) is 15.4 Å². The molecule has 0 aliphatic rings. The van der Waals surface area contributed by atoms with Crippen molar-refractivity contribution in [3.05, 3.63) is 63.1 Å². The van der Waals surface area contributed by atoms with Crippen LogP contribution in [-0.4, -0.2) is 4.92 Å². The fourth-order valence-corrected chi connectivity index (χ4v) is 3.64. The lowest BCUT2D eigenvalue weighted by molar-refractivity contribution is -0.387. The van der Waals surface area contributed by atoms with Crippen molar-refractivity contribution in [1.29, 1.82) is 0 Å². The van der Waals surface area contributed by atoms with Crippen LogP contribution in [0.25, 0.3) is 0 Å². The van der Waals surface area contributed by atoms with E-state index in [1.165, 1.54) is 27.7 Å². The number of para-hydroxylation sites is 1. The van der Waals surface area contributed by atoms with Gasteiger partial charge >= 0.3 is 0 Å². The lowest BCUT2D eigenvalue weighted by Gasteiger charge is -2.02. The molecule has 0 radical (unpaired) electrons. The number of nitro benzene ring substituents is 1. The molecule has 0 aliphatic heterocycles. The third kappa shape index (κ3) is 3.51. The van der Waals surface area contributed by atoms with E-state index < -0.39 is 0 Å². The topological polar surface area (TPSA) is 43.1 Å². The molecule has 0 heterocycles. The summed E-state index contributed by atoms with van der Waals surface area (Å²) in [6.07, 6.45) is 0. The Hall–Kier alpha value is -0.980. The zero-order chi connectivity index (χ0) is 13.0. The number of benzene rings is 2. The molecule has 0 amide bonds. The van der Waals surface area contributed by atoms with Crippen molar-refractivity contribution < 1.29 is 4.92 Å². The molecule has 2 aromatic rings. The van der Waals surface area contributed by atoms with E-state index in [1.54, 1.807) is 18.2 Å². The molecule has 0 unspecified atom stereocenters. The molecule has 18 heavy (non-hydrogen) atoms. The van der Waals surface area contributed by atoms with Gasteiger partial charge in [0.25, 0.3) is 5.69 Å². The SMILES string of the molecule is O=[N+]([O-])c1ccccc1SSc1ccc(Br)cc1. The molecule has 2 rings (SSSR count). The van der Waals surface area contributed by atoms with Crippen molar-refractivity contribution in [1.82, 2.24) is 0 Å². The zero-order valence-electron chi connectivity index (χ0n) is 9.08. The predicted molar refractivity (Wildman–Crippen MR) is 79.0 cm³/mol. The van der Waals surface area contributed by atoms with Crippen molar-refractivity contribution in [2.75, 3.05) is 0 Å². The molecule has 3 nitrogen and oxygen atoms in total. The molecule has 0 fully saturated rings. The Labute approximate surface area is 121 Å². The molecule has 0 saturated heterocycles. The third-order valence-corrected chi connectivity index (χ3v) is 5.07. The smallest absolute Gasteiger partial charge is 0.258 e. The van der Waals surface area contributed by atoms with E-state index in [1.807, 2.05) is 24.3 Å². The van der Waals surface area contributed by atoms with Gasteiger partial charge in [0.05, 0.1) is 9.82 Å². The molecule has 0 spiro atoms. The Morgan fingerprint density at radius 3 is 2.33 bits per heavy atom. The first-order chi connectivity index (χ1) is 8.66. The Kier molecular flexibility index (Phi) is 4.68. The molecule has 0 aliphatic carbocycles. The molecule has 6 heteroatoms. The number of rotatable bonds is 4. The van der Waals surface area contributed by atoms with Crippen LogP contribution in [0.2, 0.25) is 0 Å². The van der Waals surface area contributed by atoms with Gasteiger partial charge in [0.1, 0.15) is 0 Å². The van der Waals surface area contributed by atoms with Gasteiger partial charge in [-0.3, -0.25) is 10.1 Å². The number of nitrogens with zero attached hydrogens (tertiary/aromatic N) is 1. The first-order valence-corrected chi connectivity index (χ1v) is 7.94. The Balaban J connectivity index is 2.10. The highest BCUT2D eigenvalue weighted by molar-refractivity contribution is 9.10. The quantitative estimate of drug-likeness (QED) is 0.437. The average molecular weight is 342 g/mol. The van der Waals surface area contributed by atoms with Crippen molar-refractivity contribution in [3.63, 3.8) is 0 Å². The van der Waals surface area contributed by atoms with E-state index in [2.05, 4.69) is 15.9 Å². The summed E-state index contributed by atoms with van der Waals surface area (Å²) < 4.78 is 1.02. The molecule has 0 bridgehead atoms. The van der Waals surface area contributed by atoms with E-state index in [0.29, 0.717) is 4.90 Å². The second kappa shape index (κ2) is 6.26. The number of halogens is 1. The lowest BCUT2D eigenvalue weighted by atomic mass is 10.3. The molecule has 2 aromatic carbocycles. The molecule has 0 N–H and O–H groups in total. The maximum atomic E-state index is 10.9. The van der Waals surface area contributed by atoms with E-state index in [-0.39, 0.29) is 10.6 Å². The van der Waals surface area contributed by atoms with Crippen LogP contribution >= 0.6 is 37.5 Å². The maximum absolute atomic E-state index is 10.9. The van der Waals surface area contributed by atoms with E-state index in [0.717, 1.165) is 9.37 Å². The summed E-state index contributed by atoms with van der Waals surface area (Å²) in [5.74, 6) is 0. The van der Waals surface area contributed by atoms with Crippen LogP contribution < -0.4 is 0 Å². The zero-order valence-corrected chi connectivity index (χ0v) is 12.3. The fraction of sp³-hybridized carbons (Fsp3) is 0. The van der Waals surface area contributed by atoms with Crippen LogP contribution in [0.4, 0.5) is 5.69 Å². The molecule has 92 valence electrons. The van der Waals surface area contributed by atoms with Gasteiger partial charge in [-0.2, -0.15) is 0 Å². The Morgan fingerprint density at radius 2 is 1.67 bits per heavy atom. The monoisotopic (exact) mass is 341 g/mol. The van der Waals surface area contributed by atoms with Crippen LogP contribution in [0.1, 0.15) is 0 Å². The molecule has 0 saturated carbocycles. The Bertz CT molecular complexity index is 560. The van der Waals surface area contributed by atoms with Crippen LogP contribution in [0, 0.1) is 10.1 Å². The van der Waals surface area contributed by atoms with E-state index in [9.17, 15) is 10.1 Å². The second-order valence-electron chi connectivity index (χ2n) is 3.35. The highest BCUT2D eigenvalue weighted by atomic mass is 79.9. The molecular weight excluding hydrogens is 334 g/mol. The highest BCUT2D eigenvalue weighted by Crippen LogP contribution is 2.41. The summed E-state index contributed by atoms with van der Waals surface area (Å²) in [6, 6.07) is 14.6. The van der Waals surface area contributed by atoms with Gasteiger partial charge in [-0.25, -0.2) is 0 Å². The van der Waals surface area contributed by atoms with Crippen LogP contribution in [0.5, 0.6) is 0 Å². The molecular formula is C12H8BrNO2S2. The second-order valence-corrected chi connectivity index (χ2v) is 6.51. The van der Waals surface area contributed by atoms with E-state index >= 15 is 0 Å². The number of hydrogen-bond acceptors (Lipinski definition) is 4. The summed E-state index contributed by atoms with van der Waals surface area (Å²) in [5, 5.41) is 10.9. The first-order valence-electron chi connectivity index (χ1n) is 5.00. The summed E-state index contributed by atoms with van der Waals surface area (Å²) in [5.41, 5.74) is 0.145. The average Bonchev–Trinajstić information content (AvgIpc) is 2.38.